The van der Waals surface area contributed by atoms with Crippen molar-refractivity contribution >= 4 is 16.0 Å². The summed E-state index contributed by atoms with van der Waals surface area (Å²) in [6.45, 7) is 8.80. The summed E-state index contributed by atoms with van der Waals surface area (Å²) in [6, 6.07) is -0.811. The van der Waals surface area contributed by atoms with Crippen LogP contribution in [-0.2, 0) is 19.6 Å². The maximum absolute atomic E-state index is 12.4. The molecule has 6 heteroatoms. The van der Waals surface area contributed by atoms with Crippen LogP contribution in [0, 0.1) is 0 Å². The molecule has 0 fully saturated rings. The molecule has 0 aromatic rings. The highest BCUT2D eigenvalue weighted by atomic mass is 32.2. The molecule has 0 radical (unpaired) electrons. The first-order valence-corrected chi connectivity index (χ1v) is 7.41. The Balaban J connectivity index is 3.09. The van der Waals surface area contributed by atoms with E-state index < -0.39 is 26.8 Å². The normalized spacial score (nSPS) is 21.8. The van der Waals surface area contributed by atoms with E-state index in [0.717, 1.165) is 5.57 Å². The average Bonchev–Trinajstić information content (AvgIpc) is 2.59. The summed E-state index contributed by atoms with van der Waals surface area (Å²) in [5.74, 6) is -0.503. The zero-order chi connectivity index (χ0) is 14.1. The molecule has 0 aliphatic carbocycles. The highest BCUT2D eigenvalue weighted by Crippen LogP contribution is 2.29. The van der Waals surface area contributed by atoms with Gasteiger partial charge in [-0.1, -0.05) is 6.08 Å². The van der Waals surface area contributed by atoms with Crippen LogP contribution in [0.4, 0.5) is 0 Å². The van der Waals surface area contributed by atoms with E-state index in [2.05, 4.69) is 0 Å². The Kier molecular flexibility index (Phi) is 4.23. The Hall–Kier alpha value is -0.880. The van der Waals surface area contributed by atoms with Gasteiger partial charge in [-0.25, -0.2) is 13.2 Å². The number of ether oxygens (including phenoxy) is 1. The monoisotopic (exact) mass is 275 g/mol. The third-order valence-corrected chi connectivity index (χ3v) is 5.43. The van der Waals surface area contributed by atoms with E-state index in [-0.39, 0.29) is 13.2 Å². The highest BCUT2D eigenvalue weighted by molar-refractivity contribution is 7.90. The minimum absolute atomic E-state index is 0.231. The second kappa shape index (κ2) is 5.01. The van der Waals surface area contributed by atoms with Crippen molar-refractivity contribution in [3.05, 3.63) is 11.6 Å². The lowest BCUT2D eigenvalue weighted by molar-refractivity contribution is -0.145. The number of carbonyl (C=O) groups excluding carboxylic acids is 1. The van der Waals surface area contributed by atoms with Crippen LogP contribution in [0.1, 0.15) is 34.6 Å². The Morgan fingerprint density at radius 1 is 1.50 bits per heavy atom. The van der Waals surface area contributed by atoms with E-state index in [1.165, 1.54) is 4.31 Å². The van der Waals surface area contributed by atoms with Gasteiger partial charge in [0.25, 0.3) is 0 Å². The third kappa shape index (κ3) is 2.59. The largest absolute Gasteiger partial charge is 0.465 e. The molecule has 0 aromatic heterocycles. The zero-order valence-corrected chi connectivity index (χ0v) is 12.4. The molecular formula is C12H21NO4S. The molecule has 1 aliphatic heterocycles. The van der Waals surface area contributed by atoms with E-state index in [1.807, 2.05) is 0 Å². The van der Waals surface area contributed by atoms with E-state index in [4.69, 9.17) is 4.74 Å². The molecule has 1 atom stereocenters. The van der Waals surface area contributed by atoms with Crippen LogP contribution in [0.25, 0.3) is 0 Å². The molecule has 0 aromatic carbocycles. The molecule has 0 N–H and O–H groups in total. The number of carbonyl (C=O) groups is 1. The molecular weight excluding hydrogens is 254 g/mol. The quantitative estimate of drug-likeness (QED) is 0.575. The van der Waals surface area contributed by atoms with Gasteiger partial charge in [0.15, 0.2) is 0 Å². The highest BCUT2D eigenvalue weighted by Gasteiger charge is 2.45. The summed E-state index contributed by atoms with van der Waals surface area (Å²) in [4.78, 5) is 11.9. The van der Waals surface area contributed by atoms with Gasteiger partial charge >= 0.3 is 5.97 Å². The van der Waals surface area contributed by atoms with Crippen LogP contribution in [0.5, 0.6) is 0 Å². The van der Waals surface area contributed by atoms with Crippen LogP contribution in [0.2, 0.25) is 0 Å². The van der Waals surface area contributed by atoms with Crippen LogP contribution in [0.15, 0.2) is 11.6 Å². The maximum atomic E-state index is 12.4. The number of hydrogen-bond donors (Lipinski definition) is 0. The number of hydrogen-bond acceptors (Lipinski definition) is 4. The van der Waals surface area contributed by atoms with Crippen LogP contribution in [-0.4, -0.2) is 42.6 Å². The van der Waals surface area contributed by atoms with Gasteiger partial charge in [-0.05, 0) is 40.2 Å². The van der Waals surface area contributed by atoms with E-state index in [9.17, 15) is 13.2 Å². The van der Waals surface area contributed by atoms with Crippen molar-refractivity contribution in [1.82, 2.24) is 4.31 Å². The van der Waals surface area contributed by atoms with Crippen molar-refractivity contribution in [3.63, 3.8) is 0 Å². The summed E-state index contributed by atoms with van der Waals surface area (Å²) in [5.41, 5.74) is 0.723. The molecule has 104 valence electrons. The Morgan fingerprint density at radius 3 is 2.50 bits per heavy atom. The van der Waals surface area contributed by atoms with Gasteiger partial charge in [-0.2, -0.15) is 4.31 Å². The SMILES string of the molecule is CCOC(=O)[C@@H]1C(C)=CCN1S(=O)(=O)C(C)(C)C. The average molecular weight is 275 g/mol. The fourth-order valence-corrected chi connectivity index (χ4v) is 3.30. The van der Waals surface area contributed by atoms with Gasteiger partial charge < -0.3 is 4.74 Å². The fraction of sp³-hybridized carbons (Fsp3) is 0.750. The van der Waals surface area contributed by atoms with Gasteiger partial charge in [0.2, 0.25) is 10.0 Å². The summed E-state index contributed by atoms with van der Waals surface area (Å²) in [6.07, 6.45) is 1.75. The number of rotatable bonds is 3. The van der Waals surface area contributed by atoms with Crippen LogP contribution < -0.4 is 0 Å². The van der Waals surface area contributed by atoms with Gasteiger partial charge in [-0.3, -0.25) is 0 Å². The first-order valence-electron chi connectivity index (χ1n) is 5.97. The molecule has 1 rings (SSSR count). The molecule has 18 heavy (non-hydrogen) atoms. The first-order chi connectivity index (χ1) is 8.13. The Morgan fingerprint density at radius 2 is 2.06 bits per heavy atom. The lowest BCUT2D eigenvalue weighted by Crippen LogP contribution is -2.49. The van der Waals surface area contributed by atoms with Crippen molar-refractivity contribution in [1.29, 1.82) is 0 Å². The third-order valence-electron chi connectivity index (χ3n) is 2.90. The first kappa shape index (κ1) is 15.2. The molecule has 0 amide bonds. The number of esters is 1. The lowest BCUT2D eigenvalue weighted by atomic mass is 10.2. The van der Waals surface area contributed by atoms with Gasteiger partial charge in [0.1, 0.15) is 6.04 Å². The van der Waals surface area contributed by atoms with Gasteiger partial charge in [-0.15, -0.1) is 0 Å². The summed E-state index contributed by atoms with van der Waals surface area (Å²) in [5, 5.41) is 0. The predicted molar refractivity (Wildman–Crippen MR) is 69.6 cm³/mol. The minimum Gasteiger partial charge on any atom is -0.465 e. The topological polar surface area (TPSA) is 63.7 Å². The zero-order valence-electron chi connectivity index (χ0n) is 11.6. The van der Waals surface area contributed by atoms with Gasteiger partial charge in [0, 0.05) is 6.54 Å². The summed E-state index contributed by atoms with van der Waals surface area (Å²) >= 11 is 0. The summed E-state index contributed by atoms with van der Waals surface area (Å²) in [7, 11) is -3.54. The Bertz CT molecular complexity index is 459. The second-order valence-corrected chi connectivity index (χ2v) is 7.93. The van der Waals surface area contributed by atoms with Crippen molar-refractivity contribution in [2.75, 3.05) is 13.2 Å². The molecule has 0 saturated carbocycles. The lowest BCUT2D eigenvalue weighted by Gasteiger charge is -2.30. The predicted octanol–water partition coefficient (Wildman–Crippen LogP) is 1.31. The summed E-state index contributed by atoms with van der Waals surface area (Å²) < 4.78 is 30.0. The van der Waals surface area contributed by atoms with Crippen LogP contribution >= 0.6 is 0 Å². The molecule has 5 nitrogen and oxygen atoms in total. The van der Waals surface area contributed by atoms with Crippen LogP contribution in [0.3, 0.4) is 0 Å². The maximum Gasteiger partial charge on any atom is 0.328 e. The van der Waals surface area contributed by atoms with E-state index in [0.29, 0.717) is 0 Å². The van der Waals surface area contributed by atoms with Gasteiger partial charge in [0.05, 0.1) is 11.4 Å². The van der Waals surface area contributed by atoms with Crippen molar-refractivity contribution in [3.8, 4) is 0 Å². The minimum atomic E-state index is -3.54. The van der Waals surface area contributed by atoms with Crippen molar-refractivity contribution in [2.24, 2.45) is 0 Å². The second-order valence-electron chi connectivity index (χ2n) is 5.29. The molecule has 0 saturated heterocycles. The molecule has 1 heterocycles. The molecule has 0 unspecified atom stereocenters. The smallest absolute Gasteiger partial charge is 0.328 e. The van der Waals surface area contributed by atoms with Crippen molar-refractivity contribution < 1.29 is 17.9 Å². The van der Waals surface area contributed by atoms with E-state index in [1.54, 1.807) is 40.7 Å². The van der Waals surface area contributed by atoms with E-state index >= 15 is 0 Å². The van der Waals surface area contributed by atoms with Crippen molar-refractivity contribution in [2.45, 2.75) is 45.4 Å². The fourth-order valence-electron chi connectivity index (χ4n) is 1.79. The standard InChI is InChI=1S/C12H21NO4S/c1-6-17-11(14)10-9(2)7-8-13(10)18(15,16)12(3,4)5/h7,10H,6,8H2,1-5H3/t10-/m0/s1. The molecule has 0 bridgehead atoms. The molecule has 1 aliphatic rings. The number of nitrogens with zero attached hydrogens (tertiary/aromatic N) is 1. The Labute approximate surface area is 109 Å². The number of sulfonamides is 1. The molecule has 0 spiro atoms.